The van der Waals surface area contributed by atoms with Crippen molar-refractivity contribution in [2.24, 2.45) is 5.73 Å². The van der Waals surface area contributed by atoms with Gasteiger partial charge in [0.15, 0.2) is 0 Å². The molecule has 1 aromatic carbocycles. The van der Waals surface area contributed by atoms with E-state index in [1.54, 1.807) is 18.2 Å². The Bertz CT molecular complexity index is 689. The number of nitrogens with two attached hydrogens (primary N) is 1. The van der Waals surface area contributed by atoms with E-state index in [0.717, 1.165) is 6.33 Å². The summed E-state index contributed by atoms with van der Waals surface area (Å²) in [6, 6.07) is 5.47. The second-order valence-corrected chi connectivity index (χ2v) is 4.61. The van der Waals surface area contributed by atoms with E-state index in [4.69, 9.17) is 10.5 Å². The summed E-state index contributed by atoms with van der Waals surface area (Å²) in [5.74, 6) is 0.194. The average Bonchev–Trinajstić information content (AvgIpc) is 2.47. The molecule has 2 aromatic rings. The fourth-order valence-electron chi connectivity index (χ4n) is 2.11. The first kappa shape index (κ1) is 13.3. The molecule has 1 amide bonds. The van der Waals surface area contributed by atoms with Crippen LogP contribution in [-0.4, -0.2) is 22.1 Å². The van der Waals surface area contributed by atoms with Gasteiger partial charge >= 0.3 is 5.88 Å². The maximum absolute atomic E-state index is 11.6. The predicted molar refractivity (Wildman–Crippen MR) is 70.7 cm³/mol. The highest BCUT2D eigenvalue weighted by molar-refractivity contribution is 5.98. The number of amides is 1. The van der Waals surface area contributed by atoms with E-state index in [2.05, 4.69) is 4.98 Å². The molecule has 1 aromatic heterocycles. The highest BCUT2D eigenvalue weighted by Gasteiger charge is 2.29. The van der Waals surface area contributed by atoms with Crippen LogP contribution in [0.2, 0.25) is 0 Å². The van der Waals surface area contributed by atoms with Crippen molar-refractivity contribution >= 4 is 11.6 Å². The highest BCUT2D eigenvalue weighted by Crippen LogP contribution is 2.31. The number of ether oxygens (including phenoxy) is 1. The minimum atomic E-state index is -0.785. The van der Waals surface area contributed by atoms with Gasteiger partial charge in [-0.2, -0.15) is 5.06 Å². The molecule has 0 aliphatic carbocycles. The Labute approximate surface area is 119 Å². The third-order valence-electron chi connectivity index (χ3n) is 3.13. The fraction of sp³-hybridized carbons (Fsp3) is 0.154. The second kappa shape index (κ2) is 5.00. The van der Waals surface area contributed by atoms with E-state index in [-0.39, 0.29) is 5.88 Å². The summed E-state index contributed by atoms with van der Waals surface area (Å²) in [6.45, 7) is 0. The van der Waals surface area contributed by atoms with Crippen LogP contribution in [0.15, 0.2) is 36.8 Å². The smallest absolute Gasteiger partial charge is 0.336 e. The standard InChI is InChI=1S/C13H12N4O4/c14-10-6-8-5-9(1-2-11(8)17(20)13(10)18)21-12-3-4-16(19)7-15-12/h1-5,7,10,20H,6,14H2. The van der Waals surface area contributed by atoms with Gasteiger partial charge in [0.05, 0.1) is 17.8 Å². The molecule has 0 fully saturated rings. The van der Waals surface area contributed by atoms with Crippen molar-refractivity contribution in [1.29, 1.82) is 0 Å². The van der Waals surface area contributed by atoms with E-state index in [1.807, 2.05) is 0 Å². The molecule has 8 heteroatoms. The number of carbonyl (C=O) groups is 1. The molecule has 2 heterocycles. The summed E-state index contributed by atoms with van der Waals surface area (Å²) in [7, 11) is 0. The van der Waals surface area contributed by atoms with Crippen LogP contribution in [0.5, 0.6) is 11.6 Å². The zero-order chi connectivity index (χ0) is 15.0. The fourth-order valence-corrected chi connectivity index (χ4v) is 2.11. The van der Waals surface area contributed by atoms with Gasteiger partial charge in [-0.3, -0.25) is 10.0 Å². The van der Waals surface area contributed by atoms with E-state index in [1.165, 1.54) is 12.3 Å². The number of aromatic nitrogens is 2. The molecule has 0 saturated carbocycles. The molecule has 0 saturated heterocycles. The van der Waals surface area contributed by atoms with Crippen LogP contribution >= 0.6 is 0 Å². The van der Waals surface area contributed by atoms with E-state index < -0.39 is 11.9 Å². The molecule has 21 heavy (non-hydrogen) atoms. The van der Waals surface area contributed by atoms with Gasteiger partial charge in [-0.05, 0) is 35.2 Å². The summed E-state index contributed by atoms with van der Waals surface area (Å²) in [5, 5.41) is 21.2. The van der Waals surface area contributed by atoms with Gasteiger partial charge in [0, 0.05) is 0 Å². The third kappa shape index (κ3) is 2.49. The first-order chi connectivity index (χ1) is 10.0. The summed E-state index contributed by atoms with van der Waals surface area (Å²) < 4.78 is 6.06. The van der Waals surface area contributed by atoms with Gasteiger partial charge in [0.25, 0.3) is 12.2 Å². The summed E-state index contributed by atoms with van der Waals surface area (Å²) in [6.07, 6.45) is 2.66. The minimum absolute atomic E-state index is 0.263. The van der Waals surface area contributed by atoms with Crippen LogP contribution in [0.1, 0.15) is 5.56 Å². The summed E-state index contributed by atoms with van der Waals surface area (Å²) >= 11 is 0. The number of anilines is 1. The molecule has 3 rings (SSSR count). The Morgan fingerprint density at radius 3 is 3.00 bits per heavy atom. The van der Waals surface area contributed by atoms with Crippen molar-refractivity contribution in [2.45, 2.75) is 12.5 Å². The van der Waals surface area contributed by atoms with Gasteiger partial charge in [-0.25, -0.2) is 4.73 Å². The topological polar surface area (TPSA) is 116 Å². The Balaban J connectivity index is 1.88. The number of rotatable bonds is 2. The molecular weight excluding hydrogens is 276 g/mol. The molecule has 0 bridgehead atoms. The average molecular weight is 288 g/mol. The molecule has 1 unspecified atom stereocenters. The number of benzene rings is 1. The minimum Gasteiger partial charge on any atom is -0.711 e. The van der Waals surface area contributed by atoms with Crippen LogP contribution < -0.4 is 20.3 Å². The molecule has 108 valence electrons. The predicted octanol–water partition coefficient (Wildman–Crippen LogP) is 0.113. The number of hydrogen-bond donors (Lipinski definition) is 2. The van der Waals surface area contributed by atoms with Crippen molar-refractivity contribution < 1.29 is 19.5 Å². The zero-order valence-corrected chi connectivity index (χ0v) is 10.8. The van der Waals surface area contributed by atoms with Crippen LogP contribution in [0, 0.1) is 5.21 Å². The van der Waals surface area contributed by atoms with Crippen molar-refractivity contribution in [1.82, 2.24) is 4.98 Å². The number of carbonyl (C=O) groups excluding carboxylic acids is 1. The Morgan fingerprint density at radius 2 is 2.29 bits per heavy atom. The van der Waals surface area contributed by atoms with Gasteiger partial charge < -0.3 is 15.7 Å². The van der Waals surface area contributed by atoms with Crippen molar-refractivity contribution in [3.63, 3.8) is 0 Å². The van der Waals surface area contributed by atoms with Gasteiger partial charge in [-0.15, -0.1) is 0 Å². The lowest BCUT2D eigenvalue weighted by Crippen LogP contribution is -2.47. The number of hydroxylamine groups is 1. The summed E-state index contributed by atoms with van der Waals surface area (Å²) in [5.41, 5.74) is 6.73. The molecule has 0 spiro atoms. The molecule has 0 radical (unpaired) electrons. The molecule has 3 N–H and O–H groups in total. The van der Waals surface area contributed by atoms with Crippen LogP contribution in [0.25, 0.3) is 0 Å². The van der Waals surface area contributed by atoms with E-state index in [9.17, 15) is 15.2 Å². The molecule has 1 aliphatic rings. The monoisotopic (exact) mass is 288 g/mol. The van der Waals surface area contributed by atoms with Gasteiger partial charge in [-0.1, -0.05) is 0 Å². The molecule has 1 atom stereocenters. The van der Waals surface area contributed by atoms with Gasteiger partial charge in [0.2, 0.25) is 0 Å². The third-order valence-corrected chi connectivity index (χ3v) is 3.13. The van der Waals surface area contributed by atoms with Crippen LogP contribution in [0.4, 0.5) is 5.69 Å². The van der Waals surface area contributed by atoms with Crippen molar-refractivity contribution in [3.05, 3.63) is 47.6 Å². The lowest BCUT2D eigenvalue weighted by Gasteiger charge is -2.27. The zero-order valence-electron chi connectivity index (χ0n) is 10.8. The number of fused-ring (bicyclic) bond motifs is 1. The number of hydrogen-bond acceptors (Lipinski definition) is 6. The Kier molecular flexibility index (Phi) is 3.16. The van der Waals surface area contributed by atoms with Gasteiger partial charge in [0.1, 0.15) is 11.9 Å². The Morgan fingerprint density at radius 1 is 1.48 bits per heavy atom. The normalized spacial score (nSPS) is 17.5. The lowest BCUT2D eigenvalue weighted by atomic mass is 9.99. The van der Waals surface area contributed by atoms with E-state index in [0.29, 0.717) is 33.2 Å². The van der Waals surface area contributed by atoms with Crippen LogP contribution in [-0.2, 0) is 11.2 Å². The first-order valence-corrected chi connectivity index (χ1v) is 6.18. The largest absolute Gasteiger partial charge is 0.711 e. The van der Waals surface area contributed by atoms with Crippen molar-refractivity contribution in [2.75, 3.05) is 5.06 Å². The quantitative estimate of drug-likeness (QED) is 0.460. The molecule has 1 aliphatic heterocycles. The summed E-state index contributed by atoms with van der Waals surface area (Å²) in [4.78, 5) is 15.4. The maximum Gasteiger partial charge on any atom is 0.336 e. The molecule has 8 nitrogen and oxygen atoms in total. The highest BCUT2D eigenvalue weighted by atomic mass is 16.5. The SMILES string of the molecule is NC1Cc2cc(Oc3cc[n+]([O-])cn3)ccc2N(O)C1=O. The maximum atomic E-state index is 11.6. The lowest BCUT2D eigenvalue weighted by molar-refractivity contribution is -0.608. The Hall–Kier alpha value is -2.71. The second-order valence-electron chi connectivity index (χ2n) is 4.61. The first-order valence-electron chi connectivity index (χ1n) is 6.18. The van der Waals surface area contributed by atoms with E-state index >= 15 is 0 Å². The number of nitrogens with zero attached hydrogens (tertiary/aromatic N) is 3. The van der Waals surface area contributed by atoms with Crippen LogP contribution in [0.3, 0.4) is 0 Å². The molecular formula is C13H12N4O4. The van der Waals surface area contributed by atoms with Crippen molar-refractivity contribution in [3.8, 4) is 11.6 Å².